The van der Waals surface area contributed by atoms with Crippen LogP contribution >= 0.6 is 24.0 Å². The van der Waals surface area contributed by atoms with Gasteiger partial charge in [0.2, 0.25) is 0 Å². The summed E-state index contributed by atoms with van der Waals surface area (Å²) in [7, 11) is 6.72. The molecule has 0 bridgehead atoms. The molecule has 3 rings (SSSR count). The van der Waals surface area contributed by atoms with Gasteiger partial charge < -0.3 is 34.4 Å². The van der Waals surface area contributed by atoms with Crippen molar-refractivity contribution >= 4 is 35.6 Å². The van der Waals surface area contributed by atoms with Gasteiger partial charge in [0.1, 0.15) is 23.0 Å². The highest BCUT2D eigenvalue weighted by Crippen LogP contribution is 2.34. The number of benzene rings is 2. The normalized spacial score (nSPS) is 13.9. The number of hydrogen-bond acceptors (Lipinski definition) is 6. The number of halogens is 1. The summed E-state index contributed by atoms with van der Waals surface area (Å²) >= 11 is 0. The average molecular weight is 556 g/mol. The Hall–Kier alpha value is -2.56. The zero-order chi connectivity index (χ0) is 22.2. The van der Waals surface area contributed by atoms with Gasteiger partial charge in [-0.3, -0.25) is 4.99 Å². The van der Waals surface area contributed by atoms with Crippen molar-refractivity contribution in [2.24, 2.45) is 4.99 Å². The van der Waals surface area contributed by atoms with Gasteiger partial charge in [-0.1, -0.05) is 12.1 Å². The maximum Gasteiger partial charge on any atom is 0.193 e. The lowest BCUT2D eigenvalue weighted by molar-refractivity contribution is 0.364. The number of anilines is 1. The third-order valence-electron chi connectivity index (χ3n) is 5.49. The summed E-state index contributed by atoms with van der Waals surface area (Å²) in [6.07, 6.45) is 0.715. The smallest absolute Gasteiger partial charge is 0.193 e. The van der Waals surface area contributed by atoms with Crippen LogP contribution in [0.2, 0.25) is 0 Å². The summed E-state index contributed by atoms with van der Waals surface area (Å²) in [4.78, 5) is 8.89. The number of guanidine groups is 1. The van der Waals surface area contributed by atoms with Crippen LogP contribution in [0.1, 0.15) is 5.56 Å². The van der Waals surface area contributed by atoms with Crippen LogP contribution in [0.15, 0.2) is 41.4 Å². The minimum atomic E-state index is 0. The predicted molar refractivity (Wildman–Crippen MR) is 138 cm³/mol. The molecule has 0 saturated carbocycles. The molecule has 0 aromatic heterocycles. The number of nitrogens with zero attached hydrogens (tertiary/aromatic N) is 3. The predicted octanol–water partition coefficient (Wildman–Crippen LogP) is 2.98. The highest BCUT2D eigenvalue weighted by atomic mass is 127. The quantitative estimate of drug-likeness (QED) is 0.309. The number of ether oxygens (including phenoxy) is 3. The zero-order valence-electron chi connectivity index (χ0n) is 19.1. The molecule has 2 aromatic rings. The molecule has 2 aromatic carbocycles. The number of phenols is 1. The molecule has 0 spiro atoms. The van der Waals surface area contributed by atoms with Crippen LogP contribution in [0.5, 0.6) is 23.0 Å². The standard InChI is InChI=1S/C23H32N4O4.HI/c1-24-23(27-13-11-26(12-14-27)19-7-5-6-8-20(19)28)25-10-9-18-21(30-3)15-17(29-2)16-22(18)31-4;/h5-8,15-16,28H,9-14H2,1-4H3,(H,24,25);1H. The van der Waals surface area contributed by atoms with Crippen LogP contribution in [0, 0.1) is 0 Å². The molecular formula is C23H33IN4O4. The largest absolute Gasteiger partial charge is 0.506 e. The van der Waals surface area contributed by atoms with Crippen LogP contribution in [0.25, 0.3) is 0 Å². The van der Waals surface area contributed by atoms with Crippen molar-refractivity contribution in [2.45, 2.75) is 6.42 Å². The van der Waals surface area contributed by atoms with Gasteiger partial charge in [-0.25, -0.2) is 0 Å². The van der Waals surface area contributed by atoms with Crippen LogP contribution in [-0.4, -0.2) is 77.1 Å². The monoisotopic (exact) mass is 556 g/mol. The highest BCUT2D eigenvalue weighted by Gasteiger charge is 2.21. The SMILES string of the molecule is CN=C(NCCc1c(OC)cc(OC)cc1OC)N1CCN(c2ccccc2O)CC1.I. The fourth-order valence-corrected chi connectivity index (χ4v) is 3.85. The summed E-state index contributed by atoms with van der Waals surface area (Å²) in [6, 6.07) is 11.2. The molecule has 2 N–H and O–H groups in total. The molecule has 8 nitrogen and oxygen atoms in total. The summed E-state index contributed by atoms with van der Waals surface area (Å²) < 4.78 is 16.4. The fraction of sp³-hybridized carbons (Fsp3) is 0.435. The second-order valence-electron chi connectivity index (χ2n) is 7.20. The maximum absolute atomic E-state index is 10.1. The van der Waals surface area contributed by atoms with Gasteiger partial charge in [-0.05, 0) is 18.6 Å². The van der Waals surface area contributed by atoms with Crippen molar-refractivity contribution in [3.63, 3.8) is 0 Å². The van der Waals surface area contributed by atoms with Crippen molar-refractivity contribution in [3.05, 3.63) is 42.0 Å². The van der Waals surface area contributed by atoms with Crippen molar-refractivity contribution in [3.8, 4) is 23.0 Å². The minimum Gasteiger partial charge on any atom is -0.506 e. The number of aromatic hydroxyl groups is 1. The lowest BCUT2D eigenvalue weighted by atomic mass is 10.1. The van der Waals surface area contributed by atoms with E-state index in [-0.39, 0.29) is 24.0 Å². The number of phenolic OH excluding ortho intramolecular Hbond substituents is 1. The van der Waals surface area contributed by atoms with E-state index in [1.165, 1.54) is 0 Å². The van der Waals surface area contributed by atoms with E-state index in [1.54, 1.807) is 34.4 Å². The van der Waals surface area contributed by atoms with Crippen molar-refractivity contribution < 1.29 is 19.3 Å². The Morgan fingerprint density at radius 3 is 2.16 bits per heavy atom. The Bertz CT molecular complexity index is 876. The molecule has 0 atom stereocenters. The first kappa shape index (κ1) is 25.7. The number of methoxy groups -OCH3 is 3. The molecule has 9 heteroatoms. The first-order valence-electron chi connectivity index (χ1n) is 10.4. The van der Waals surface area contributed by atoms with Crippen LogP contribution in [-0.2, 0) is 6.42 Å². The van der Waals surface area contributed by atoms with Crippen molar-refractivity contribution in [2.75, 3.05) is 66.0 Å². The molecule has 1 aliphatic heterocycles. The van der Waals surface area contributed by atoms with E-state index >= 15 is 0 Å². The Kier molecular flexibility index (Phi) is 10.0. The molecule has 1 aliphatic rings. The summed E-state index contributed by atoms with van der Waals surface area (Å²) in [5.41, 5.74) is 1.86. The van der Waals surface area contributed by atoms with Crippen molar-refractivity contribution in [1.29, 1.82) is 0 Å². The number of aliphatic imine (C=N–C) groups is 1. The molecule has 32 heavy (non-hydrogen) atoms. The average Bonchev–Trinajstić information content (AvgIpc) is 2.82. The van der Waals surface area contributed by atoms with Gasteiger partial charge in [0.05, 0.1) is 27.0 Å². The molecule has 0 aliphatic carbocycles. The van der Waals surface area contributed by atoms with E-state index in [2.05, 4.69) is 20.1 Å². The Morgan fingerprint density at radius 1 is 1.00 bits per heavy atom. The van der Waals surface area contributed by atoms with E-state index in [0.29, 0.717) is 24.5 Å². The third-order valence-corrected chi connectivity index (χ3v) is 5.49. The summed E-state index contributed by atoms with van der Waals surface area (Å²) in [6.45, 7) is 3.97. The lowest BCUT2D eigenvalue weighted by Crippen LogP contribution is -2.52. The van der Waals surface area contributed by atoms with E-state index in [9.17, 15) is 5.11 Å². The van der Waals surface area contributed by atoms with E-state index < -0.39 is 0 Å². The van der Waals surface area contributed by atoms with Gasteiger partial charge in [0.15, 0.2) is 5.96 Å². The number of rotatable bonds is 7. The number of para-hydroxylation sites is 2. The Balaban J connectivity index is 0.00000363. The van der Waals surface area contributed by atoms with Gasteiger partial charge in [0.25, 0.3) is 0 Å². The molecule has 1 saturated heterocycles. The van der Waals surface area contributed by atoms with Gasteiger partial charge in [0, 0.05) is 57.5 Å². The van der Waals surface area contributed by atoms with Gasteiger partial charge in [-0.15, -0.1) is 24.0 Å². The topological polar surface area (TPSA) is 78.8 Å². The fourth-order valence-electron chi connectivity index (χ4n) is 3.85. The summed E-state index contributed by atoms with van der Waals surface area (Å²) in [5.74, 6) is 3.36. The van der Waals surface area contributed by atoms with Gasteiger partial charge >= 0.3 is 0 Å². The number of hydrogen-bond donors (Lipinski definition) is 2. The molecule has 1 fully saturated rings. The summed E-state index contributed by atoms with van der Waals surface area (Å²) in [5, 5.41) is 13.6. The maximum atomic E-state index is 10.1. The van der Waals surface area contributed by atoms with E-state index in [4.69, 9.17) is 14.2 Å². The van der Waals surface area contributed by atoms with Crippen LogP contribution < -0.4 is 24.4 Å². The second kappa shape index (κ2) is 12.5. The number of piperazine rings is 1. The minimum absolute atomic E-state index is 0. The number of nitrogens with one attached hydrogen (secondary N) is 1. The Labute approximate surface area is 207 Å². The molecule has 0 amide bonds. The third kappa shape index (κ3) is 6.02. The lowest BCUT2D eigenvalue weighted by Gasteiger charge is -2.37. The van der Waals surface area contributed by atoms with Crippen LogP contribution in [0.4, 0.5) is 5.69 Å². The molecule has 1 heterocycles. The van der Waals surface area contributed by atoms with Crippen molar-refractivity contribution in [1.82, 2.24) is 10.2 Å². The second-order valence-corrected chi connectivity index (χ2v) is 7.20. The first-order valence-corrected chi connectivity index (χ1v) is 10.4. The molecule has 0 unspecified atom stereocenters. The molecular weight excluding hydrogens is 523 g/mol. The first-order chi connectivity index (χ1) is 15.1. The molecule has 176 valence electrons. The van der Waals surface area contributed by atoms with E-state index in [1.807, 2.05) is 30.3 Å². The van der Waals surface area contributed by atoms with E-state index in [0.717, 1.165) is 54.9 Å². The van der Waals surface area contributed by atoms with Gasteiger partial charge in [-0.2, -0.15) is 0 Å². The highest BCUT2D eigenvalue weighted by molar-refractivity contribution is 14.0. The molecule has 0 radical (unpaired) electrons. The Morgan fingerprint density at radius 2 is 1.62 bits per heavy atom. The zero-order valence-corrected chi connectivity index (χ0v) is 21.5. The van der Waals surface area contributed by atoms with Crippen LogP contribution in [0.3, 0.4) is 0 Å².